The monoisotopic (exact) mass is 287 g/mol. The minimum absolute atomic E-state index is 0.0575. The molecule has 1 N–H and O–H groups in total. The molecule has 2 heterocycles. The highest BCUT2D eigenvalue weighted by molar-refractivity contribution is 5.96. The molecule has 0 saturated heterocycles. The van der Waals surface area contributed by atoms with E-state index in [0.29, 0.717) is 18.2 Å². The largest absolute Gasteiger partial charge is 0.467 e. The van der Waals surface area contributed by atoms with E-state index in [9.17, 15) is 4.79 Å². The number of furan rings is 1. The normalized spacial score (nSPS) is 15.5. The third-order valence-electron chi connectivity index (χ3n) is 4.27. The van der Waals surface area contributed by atoms with Gasteiger partial charge in [-0.15, -0.1) is 0 Å². The molecular formula is C16H21N3O2. The maximum absolute atomic E-state index is 13.0. The van der Waals surface area contributed by atoms with Crippen LogP contribution in [0.2, 0.25) is 0 Å². The molecule has 3 rings (SSSR count). The zero-order valence-electron chi connectivity index (χ0n) is 12.6. The lowest BCUT2D eigenvalue weighted by Gasteiger charge is -2.28. The van der Waals surface area contributed by atoms with E-state index in [2.05, 4.69) is 10.2 Å². The highest BCUT2D eigenvalue weighted by Gasteiger charge is 2.30. The van der Waals surface area contributed by atoms with Crippen LogP contribution in [-0.2, 0) is 6.54 Å². The molecule has 5 nitrogen and oxygen atoms in total. The summed E-state index contributed by atoms with van der Waals surface area (Å²) in [5.74, 6) is 0.885. The van der Waals surface area contributed by atoms with E-state index in [-0.39, 0.29) is 5.91 Å². The fourth-order valence-electron chi connectivity index (χ4n) is 3.16. The van der Waals surface area contributed by atoms with Gasteiger partial charge in [-0.25, -0.2) is 0 Å². The minimum Gasteiger partial charge on any atom is -0.467 e. The first-order chi connectivity index (χ1) is 10.2. The molecule has 0 atom stereocenters. The molecular weight excluding hydrogens is 266 g/mol. The zero-order valence-corrected chi connectivity index (χ0v) is 12.6. The Morgan fingerprint density at radius 2 is 2.19 bits per heavy atom. The molecule has 2 aromatic rings. The van der Waals surface area contributed by atoms with E-state index < -0.39 is 0 Å². The van der Waals surface area contributed by atoms with Crippen LogP contribution in [0.25, 0.3) is 0 Å². The molecule has 1 aliphatic rings. The second-order valence-corrected chi connectivity index (χ2v) is 5.76. The van der Waals surface area contributed by atoms with Crippen LogP contribution in [0.15, 0.2) is 22.8 Å². The smallest absolute Gasteiger partial charge is 0.258 e. The van der Waals surface area contributed by atoms with Gasteiger partial charge in [0.25, 0.3) is 5.91 Å². The molecule has 5 heteroatoms. The molecule has 1 saturated carbocycles. The number of nitrogens with one attached hydrogen (secondary N) is 1. The molecule has 21 heavy (non-hydrogen) atoms. The van der Waals surface area contributed by atoms with Gasteiger partial charge in [-0.05, 0) is 38.8 Å². The summed E-state index contributed by atoms with van der Waals surface area (Å²) in [7, 11) is 0. The number of aromatic amines is 1. The summed E-state index contributed by atoms with van der Waals surface area (Å²) in [6, 6.07) is 4.09. The van der Waals surface area contributed by atoms with Crippen molar-refractivity contribution < 1.29 is 9.21 Å². The Morgan fingerprint density at radius 1 is 1.43 bits per heavy atom. The van der Waals surface area contributed by atoms with Gasteiger partial charge in [-0.3, -0.25) is 9.89 Å². The average molecular weight is 287 g/mol. The summed E-state index contributed by atoms with van der Waals surface area (Å²) in [6.07, 6.45) is 6.18. The number of nitrogens with zero attached hydrogens (tertiary/aromatic N) is 2. The van der Waals surface area contributed by atoms with E-state index in [4.69, 9.17) is 4.42 Å². The Kier molecular flexibility index (Phi) is 3.82. The first-order valence-corrected chi connectivity index (χ1v) is 7.51. The van der Waals surface area contributed by atoms with Crippen molar-refractivity contribution >= 4 is 5.91 Å². The molecule has 2 aromatic heterocycles. The number of hydrogen-bond acceptors (Lipinski definition) is 3. The molecule has 0 radical (unpaired) electrons. The first-order valence-electron chi connectivity index (χ1n) is 7.51. The van der Waals surface area contributed by atoms with Crippen molar-refractivity contribution in [3.63, 3.8) is 0 Å². The van der Waals surface area contributed by atoms with Gasteiger partial charge >= 0.3 is 0 Å². The first kappa shape index (κ1) is 13.9. The van der Waals surface area contributed by atoms with Crippen molar-refractivity contribution in [1.82, 2.24) is 15.1 Å². The van der Waals surface area contributed by atoms with Crippen molar-refractivity contribution in [3.8, 4) is 0 Å². The Hall–Kier alpha value is -2.04. The van der Waals surface area contributed by atoms with Gasteiger partial charge in [0, 0.05) is 11.7 Å². The number of hydrogen-bond donors (Lipinski definition) is 1. The fraction of sp³-hybridized carbons (Fsp3) is 0.500. The van der Waals surface area contributed by atoms with Crippen LogP contribution < -0.4 is 0 Å². The highest BCUT2D eigenvalue weighted by atomic mass is 16.3. The maximum Gasteiger partial charge on any atom is 0.258 e. The van der Waals surface area contributed by atoms with Gasteiger partial charge < -0.3 is 9.32 Å². The fourth-order valence-corrected chi connectivity index (χ4v) is 3.16. The lowest BCUT2D eigenvalue weighted by Crippen LogP contribution is -2.38. The predicted molar refractivity (Wildman–Crippen MR) is 78.9 cm³/mol. The van der Waals surface area contributed by atoms with Crippen LogP contribution in [0.1, 0.15) is 53.2 Å². The summed E-state index contributed by atoms with van der Waals surface area (Å²) in [4.78, 5) is 14.9. The van der Waals surface area contributed by atoms with Crippen molar-refractivity contribution in [3.05, 3.63) is 41.1 Å². The summed E-state index contributed by atoms with van der Waals surface area (Å²) in [5, 5.41) is 7.05. The van der Waals surface area contributed by atoms with Gasteiger partial charge in [0.05, 0.1) is 24.1 Å². The lowest BCUT2D eigenvalue weighted by molar-refractivity contribution is 0.0647. The molecule has 0 aliphatic heterocycles. The van der Waals surface area contributed by atoms with E-state index >= 15 is 0 Å². The van der Waals surface area contributed by atoms with E-state index in [1.807, 2.05) is 30.9 Å². The van der Waals surface area contributed by atoms with Gasteiger partial charge in [-0.2, -0.15) is 5.10 Å². The molecule has 0 spiro atoms. The second kappa shape index (κ2) is 5.76. The zero-order chi connectivity index (χ0) is 14.8. The summed E-state index contributed by atoms with van der Waals surface area (Å²) in [6.45, 7) is 4.30. The van der Waals surface area contributed by atoms with Crippen LogP contribution in [0.3, 0.4) is 0 Å². The van der Waals surface area contributed by atoms with Gasteiger partial charge in [0.2, 0.25) is 0 Å². The van der Waals surface area contributed by atoms with Crippen LogP contribution in [0.5, 0.6) is 0 Å². The van der Waals surface area contributed by atoms with E-state index in [0.717, 1.165) is 30.0 Å². The predicted octanol–water partition coefficient (Wildman–Crippen LogP) is 3.20. The topological polar surface area (TPSA) is 62.1 Å². The molecule has 0 bridgehead atoms. The molecule has 0 aromatic carbocycles. The average Bonchev–Trinajstić information content (AvgIpc) is 3.18. The number of carbonyl (C=O) groups excluding carboxylic acids is 1. The molecule has 1 aliphatic carbocycles. The number of H-pyrrole nitrogens is 1. The third-order valence-corrected chi connectivity index (χ3v) is 4.27. The highest BCUT2D eigenvalue weighted by Crippen LogP contribution is 2.27. The van der Waals surface area contributed by atoms with Crippen LogP contribution in [-0.4, -0.2) is 27.0 Å². The summed E-state index contributed by atoms with van der Waals surface area (Å²) in [5.41, 5.74) is 2.30. The minimum atomic E-state index is 0.0575. The Balaban J connectivity index is 1.89. The second-order valence-electron chi connectivity index (χ2n) is 5.76. The van der Waals surface area contributed by atoms with E-state index in [1.165, 1.54) is 12.8 Å². The molecule has 0 unspecified atom stereocenters. The summed E-state index contributed by atoms with van der Waals surface area (Å²) >= 11 is 0. The van der Waals surface area contributed by atoms with Crippen molar-refractivity contribution in [1.29, 1.82) is 0 Å². The van der Waals surface area contributed by atoms with Crippen molar-refractivity contribution in [2.45, 2.75) is 52.1 Å². The summed E-state index contributed by atoms with van der Waals surface area (Å²) < 4.78 is 5.43. The Labute approximate surface area is 124 Å². The number of aryl methyl sites for hydroxylation is 2. The molecule has 1 amide bonds. The van der Waals surface area contributed by atoms with Crippen molar-refractivity contribution in [2.75, 3.05) is 0 Å². The quantitative estimate of drug-likeness (QED) is 0.939. The third kappa shape index (κ3) is 2.73. The molecule has 112 valence electrons. The van der Waals surface area contributed by atoms with E-state index in [1.54, 1.807) is 6.26 Å². The Morgan fingerprint density at radius 3 is 2.76 bits per heavy atom. The maximum atomic E-state index is 13.0. The number of amides is 1. The standard InChI is InChI=1S/C16H21N3O2/c1-11-15(12(2)18-17-11)16(20)19(13-6-3-4-7-13)10-14-8-5-9-21-14/h5,8-9,13H,3-4,6-7,10H2,1-2H3,(H,17,18). The van der Waals surface area contributed by atoms with Crippen molar-refractivity contribution in [2.24, 2.45) is 0 Å². The number of carbonyl (C=O) groups is 1. The van der Waals surface area contributed by atoms with Gasteiger partial charge in [0.1, 0.15) is 5.76 Å². The Bertz CT molecular complexity index is 590. The lowest BCUT2D eigenvalue weighted by atomic mass is 10.1. The SMILES string of the molecule is Cc1n[nH]c(C)c1C(=O)N(Cc1ccco1)C1CCCC1. The van der Waals surface area contributed by atoms with Crippen LogP contribution in [0.4, 0.5) is 0 Å². The number of rotatable bonds is 4. The van der Waals surface area contributed by atoms with Gasteiger partial charge in [-0.1, -0.05) is 12.8 Å². The van der Waals surface area contributed by atoms with Crippen LogP contribution in [0, 0.1) is 13.8 Å². The molecule has 1 fully saturated rings. The van der Waals surface area contributed by atoms with Gasteiger partial charge in [0.15, 0.2) is 0 Å². The number of aromatic nitrogens is 2. The van der Waals surface area contributed by atoms with Crippen LogP contribution >= 0.6 is 0 Å².